The lowest BCUT2D eigenvalue weighted by Crippen LogP contribution is -2.42. The summed E-state index contributed by atoms with van der Waals surface area (Å²) in [5.74, 6) is 0.722. The lowest BCUT2D eigenvalue weighted by Gasteiger charge is -2.30. The maximum Gasteiger partial charge on any atom is 0.00915 e. The Kier molecular flexibility index (Phi) is 5.45. The second kappa shape index (κ2) is 6.38. The number of hydrogen-bond acceptors (Lipinski definition) is 3. The van der Waals surface area contributed by atoms with Crippen molar-refractivity contribution < 1.29 is 0 Å². The Hall–Kier alpha value is -0.120. The third-order valence-corrected chi connectivity index (χ3v) is 3.13. The molecule has 1 rings (SSSR count). The third kappa shape index (κ3) is 4.40. The molecule has 84 valence electrons. The summed E-state index contributed by atoms with van der Waals surface area (Å²) < 4.78 is 0. The van der Waals surface area contributed by atoms with Gasteiger partial charge < -0.3 is 16.0 Å². The minimum atomic E-state index is 0.722. The summed E-state index contributed by atoms with van der Waals surface area (Å²) in [6.45, 7) is 6.70. The molecule has 1 atom stereocenters. The zero-order valence-corrected chi connectivity index (χ0v) is 9.63. The number of piperidine rings is 1. The first-order valence-corrected chi connectivity index (χ1v) is 5.84. The highest BCUT2D eigenvalue weighted by molar-refractivity contribution is 4.76. The molecule has 0 aliphatic carbocycles. The van der Waals surface area contributed by atoms with Crippen LogP contribution in [-0.2, 0) is 0 Å². The minimum Gasteiger partial charge on any atom is -0.330 e. The molecule has 0 spiro atoms. The van der Waals surface area contributed by atoms with Crippen molar-refractivity contribution >= 4 is 0 Å². The van der Waals surface area contributed by atoms with Crippen molar-refractivity contribution in [1.82, 2.24) is 10.2 Å². The molecule has 1 heterocycles. The van der Waals surface area contributed by atoms with E-state index >= 15 is 0 Å². The van der Waals surface area contributed by atoms with Crippen LogP contribution < -0.4 is 11.1 Å². The number of likely N-dealkylation sites (tertiary alicyclic amines) is 1. The molecule has 3 N–H and O–H groups in total. The molecule has 3 nitrogen and oxygen atoms in total. The van der Waals surface area contributed by atoms with Gasteiger partial charge in [0.1, 0.15) is 0 Å². The molecule has 1 aliphatic heterocycles. The first kappa shape index (κ1) is 12.0. The Balaban J connectivity index is 2.06. The largest absolute Gasteiger partial charge is 0.330 e. The van der Waals surface area contributed by atoms with Crippen LogP contribution in [0.4, 0.5) is 0 Å². The zero-order chi connectivity index (χ0) is 10.4. The number of nitrogens with two attached hydrogens (primary N) is 1. The van der Waals surface area contributed by atoms with E-state index in [0.717, 1.165) is 31.5 Å². The number of hydrogen-bond donors (Lipinski definition) is 2. The molecule has 14 heavy (non-hydrogen) atoms. The van der Waals surface area contributed by atoms with Crippen molar-refractivity contribution in [3.8, 4) is 0 Å². The van der Waals surface area contributed by atoms with Crippen molar-refractivity contribution in [2.75, 3.05) is 33.2 Å². The molecule has 1 aliphatic rings. The molecule has 1 fully saturated rings. The molecule has 0 amide bonds. The Morgan fingerprint density at radius 1 is 1.43 bits per heavy atom. The topological polar surface area (TPSA) is 41.3 Å². The van der Waals surface area contributed by atoms with E-state index in [-0.39, 0.29) is 0 Å². The van der Waals surface area contributed by atoms with Crippen LogP contribution in [0.1, 0.15) is 26.2 Å². The van der Waals surface area contributed by atoms with Gasteiger partial charge in [0.2, 0.25) is 0 Å². The minimum absolute atomic E-state index is 0.722. The van der Waals surface area contributed by atoms with E-state index in [1.165, 1.54) is 25.9 Å². The van der Waals surface area contributed by atoms with Gasteiger partial charge in [-0.25, -0.2) is 0 Å². The highest BCUT2D eigenvalue weighted by Gasteiger charge is 2.16. The van der Waals surface area contributed by atoms with Gasteiger partial charge in [0.05, 0.1) is 0 Å². The van der Waals surface area contributed by atoms with Gasteiger partial charge in [-0.05, 0) is 58.4 Å². The number of nitrogens with zero attached hydrogens (tertiary/aromatic N) is 1. The molecule has 0 radical (unpaired) electrons. The van der Waals surface area contributed by atoms with Crippen LogP contribution in [0.5, 0.6) is 0 Å². The molecule has 1 unspecified atom stereocenters. The van der Waals surface area contributed by atoms with Gasteiger partial charge in [-0.1, -0.05) is 6.92 Å². The maximum absolute atomic E-state index is 5.52. The van der Waals surface area contributed by atoms with Crippen LogP contribution in [0.3, 0.4) is 0 Å². The predicted molar refractivity (Wildman–Crippen MR) is 61.4 cm³/mol. The number of rotatable bonds is 5. The molecule has 0 aromatic rings. The Bertz CT molecular complexity index is 141. The molecule has 0 aromatic carbocycles. The van der Waals surface area contributed by atoms with E-state index < -0.39 is 0 Å². The van der Waals surface area contributed by atoms with E-state index in [0.29, 0.717) is 0 Å². The Labute approximate surface area is 88.0 Å². The fraction of sp³-hybridized carbons (Fsp3) is 1.00. The first-order valence-electron chi connectivity index (χ1n) is 5.84. The van der Waals surface area contributed by atoms with Gasteiger partial charge in [0, 0.05) is 6.04 Å². The van der Waals surface area contributed by atoms with E-state index in [2.05, 4.69) is 24.2 Å². The van der Waals surface area contributed by atoms with Crippen molar-refractivity contribution in [2.24, 2.45) is 11.7 Å². The van der Waals surface area contributed by atoms with Crippen molar-refractivity contribution in [3.63, 3.8) is 0 Å². The molecular weight excluding hydrogens is 174 g/mol. The van der Waals surface area contributed by atoms with Crippen LogP contribution in [0, 0.1) is 5.92 Å². The SMILES string of the molecule is CC(CCN)CNC1CCN(C)CC1. The quantitative estimate of drug-likeness (QED) is 0.683. The molecule has 0 saturated carbocycles. The van der Waals surface area contributed by atoms with Crippen LogP contribution in [0.15, 0.2) is 0 Å². The van der Waals surface area contributed by atoms with Gasteiger partial charge in [-0.3, -0.25) is 0 Å². The van der Waals surface area contributed by atoms with Gasteiger partial charge in [-0.15, -0.1) is 0 Å². The fourth-order valence-corrected chi connectivity index (χ4v) is 1.97. The molecule has 1 saturated heterocycles. The van der Waals surface area contributed by atoms with E-state index in [1.54, 1.807) is 0 Å². The molecular formula is C11H25N3. The van der Waals surface area contributed by atoms with Crippen molar-refractivity contribution in [3.05, 3.63) is 0 Å². The van der Waals surface area contributed by atoms with Crippen LogP contribution >= 0.6 is 0 Å². The molecule has 0 bridgehead atoms. The molecule has 0 aromatic heterocycles. The van der Waals surface area contributed by atoms with Gasteiger partial charge in [-0.2, -0.15) is 0 Å². The average Bonchev–Trinajstić information content (AvgIpc) is 2.17. The van der Waals surface area contributed by atoms with Crippen molar-refractivity contribution in [1.29, 1.82) is 0 Å². The Morgan fingerprint density at radius 2 is 2.07 bits per heavy atom. The van der Waals surface area contributed by atoms with Gasteiger partial charge in [0.15, 0.2) is 0 Å². The standard InChI is InChI=1S/C11H25N3/c1-10(3-6-12)9-13-11-4-7-14(2)8-5-11/h10-11,13H,3-9,12H2,1-2H3. The summed E-state index contributed by atoms with van der Waals surface area (Å²) in [5, 5.41) is 3.64. The van der Waals surface area contributed by atoms with Crippen LogP contribution in [0.25, 0.3) is 0 Å². The zero-order valence-electron chi connectivity index (χ0n) is 9.63. The molecule has 3 heteroatoms. The summed E-state index contributed by atoms with van der Waals surface area (Å²) in [6, 6.07) is 0.742. The third-order valence-electron chi connectivity index (χ3n) is 3.13. The maximum atomic E-state index is 5.52. The number of nitrogens with one attached hydrogen (secondary N) is 1. The monoisotopic (exact) mass is 199 g/mol. The van der Waals surface area contributed by atoms with E-state index in [4.69, 9.17) is 5.73 Å². The normalized spacial score (nSPS) is 22.5. The summed E-state index contributed by atoms with van der Waals surface area (Å²) >= 11 is 0. The van der Waals surface area contributed by atoms with Gasteiger partial charge >= 0.3 is 0 Å². The first-order chi connectivity index (χ1) is 6.72. The van der Waals surface area contributed by atoms with Crippen LogP contribution in [0.2, 0.25) is 0 Å². The fourth-order valence-electron chi connectivity index (χ4n) is 1.97. The van der Waals surface area contributed by atoms with E-state index in [9.17, 15) is 0 Å². The van der Waals surface area contributed by atoms with Crippen molar-refractivity contribution in [2.45, 2.75) is 32.2 Å². The predicted octanol–water partition coefficient (Wildman–Crippen LogP) is 0.655. The highest BCUT2D eigenvalue weighted by atomic mass is 15.1. The lowest BCUT2D eigenvalue weighted by molar-refractivity contribution is 0.230. The summed E-state index contributed by atoms with van der Waals surface area (Å²) in [6.07, 6.45) is 3.73. The summed E-state index contributed by atoms with van der Waals surface area (Å²) in [7, 11) is 2.20. The smallest absolute Gasteiger partial charge is 0.00915 e. The second-order valence-electron chi connectivity index (χ2n) is 4.67. The highest BCUT2D eigenvalue weighted by Crippen LogP contribution is 2.09. The van der Waals surface area contributed by atoms with E-state index in [1.807, 2.05) is 0 Å². The Morgan fingerprint density at radius 3 is 2.64 bits per heavy atom. The second-order valence-corrected chi connectivity index (χ2v) is 4.67. The van der Waals surface area contributed by atoms with Gasteiger partial charge in [0.25, 0.3) is 0 Å². The lowest BCUT2D eigenvalue weighted by atomic mass is 10.0. The summed E-state index contributed by atoms with van der Waals surface area (Å²) in [5.41, 5.74) is 5.52. The van der Waals surface area contributed by atoms with Crippen LogP contribution in [-0.4, -0.2) is 44.2 Å². The summed E-state index contributed by atoms with van der Waals surface area (Å²) in [4.78, 5) is 2.40. The average molecular weight is 199 g/mol.